The zero-order valence-corrected chi connectivity index (χ0v) is 9.16. The summed E-state index contributed by atoms with van der Waals surface area (Å²) in [6, 6.07) is 0. The van der Waals surface area contributed by atoms with Crippen LogP contribution < -0.4 is 11.1 Å². The second-order valence-corrected chi connectivity index (χ2v) is 2.80. The van der Waals surface area contributed by atoms with E-state index in [1.54, 1.807) is 7.11 Å². The first-order valence-electron chi connectivity index (χ1n) is 4.92. The molecular weight excluding hydrogens is 200 g/mol. The average molecular weight is 220 g/mol. The van der Waals surface area contributed by atoms with Crippen LogP contribution in [0.15, 0.2) is 0 Å². The molecule has 15 heavy (non-hydrogen) atoms. The normalized spacial score (nSPS) is 10.3. The lowest BCUT2D eigenvalue weighted by molar-refractivity contribution is -0.126. The molecule has 6 nitrogen and oxygen atoms in total. The molecule has 0 aliphatic rings. The Labute approximate surface area is 90.1 Å². The fourth-order valence-corrected chi connectivity index (χ4v) is 0.806. The summed E-state index contributed by atoms with van der Waals surface area (Å²) in [5, 5.41) is 2.65. The lowest BCUT2D eigenvalue weighted by Gasteiger charge is -2.06. The maximum absolute atomic E-state index is 11.1. The van der Waals surface area contributed by atoms with Crippen molar-refractivity contribution in [1.29, 1.82) is 0 Å². The monoisotopic (exact) mass is 220 g/mol. The highest BCUT2D eigenvalue weighted by Crippen LogP contribution is 1.77. The molecule has 0 unspecified atom stereocenters. The van der Waals surface area contributed by atoms with Crippen LogP contribution in [0.25, 0.3) is 0 Å². The number of hydrogen-bond acceptors (Lipinski definition) is 5. The fraction of sp³-hybridized carbons (Fsp3) is 0.889. The molecule has 0 rings (SSSR count). The largest absolute Gasteiger partial charge is 0.382 e. The Kier molecular flexibility index (Phi) is 10.9. The maximum atomic E-state index is 11.1. The Morgan fingerprint density at radius 2 is 2.00 bits per heavy atom. The van der Waals surface area contributed by atoms with E-state index >= 15 is 0 Å². The number of nitrogens with one attached hydrogen (secondary N) is 1. The summed E-state index contributed by atoms with van der Waals surface area (Å²) >= 11 is 0. The Morgan fingerprint density at radius 3 is 2.67 bits per heavy atom. The number of methoxy groups -OCH3 is 1. The number of amides is 1. The SMILES string of the molecule is COCCOCC(=O)NCCOCCN. The van der Waals surface area contributed by atoms with Gasteiger partial charge < -0.3 is 25.3 Å². The molecule has 0 heterocycles. The number of nitrogens with two attached hydrogens (primary N) is 1. The van der Waals surface area contributed by atoms with Gasteiger partial charge in [-0.15, -0.1) is 0 Å². The minimum Gasteiger partial charge on any atom is -0.382 e. The van der Waals surface area contributed by atoms with Crippen LogP contribution in [0.5, 0.6) is 0 Å². The lowest BCUT2D eigenvalue weighted by atomic mass is 10.6. The molecule has 0 bridgehead atoms. The van der Waals surface area contributed by atoms with E-state index in [0.717, 1.165) is 0 Å². The second kappa shape index (κ2) is 11.4. The van der Waals surface area contributed by atoms with Crippen LogP contribution in [0, 0.1) is 0 Å². The first-order valence-corrected chi connectivity index (χ1v) is 4.92. The lowest BCUT2D eigenvalue weighted by Crippen LogP contribution is -2.31. The van der Waals surface area contributed by atoms with Crippen LogP contribution in [-0.4, -0.2) is 59.1 Å². The van der Waals surface area contributed by atoms with E-state index in [1.165, 1.54) is 0 Å². The van der Waals surface area contributed by atoms with Crippen molar-refractivity contribution in [2.75, 3.05) is 53.2 Å². The van der Waals surface area contributed by atoms with Gasteiger partial charge in [-0.2, -0.15) is 0 Å². The molecule has 6 heteroatoms. The van der Waals surface area contributed by atoms with Gasteiger partial charge >= 0.3 is 0 Å². The van der Waals surface area contributed by atoms with Crippen molar-refractivity contribution >= 4 is 5.91 Å². The summed E-state index contributed by atoms with van der Waals surface area (Å²) in [6.07, 6.45) is 0. The van der Waals surface area contributed by atoms with E-state index in [4.69, 9.17) is 19.9 Å². The molecule has 90 valence electrons. The quantitative estimate of drug-likeness (QED) is 0.449. The maximum Gasteiger partial charge on any atom is 0.246 e. The Balaban J connectivity index is 3.11. The van der Waals surface area contributed by atoms with Crippen molar-refractivity contribution in [2.24, 2.45) is 5.73 Å². The van der Waals surface area contributed by atoms with Gasteiger partial charge in [-0.3, -0.25) is 4.79 Å². The molecule has 0 saturated carbocycles. The molecule has 0 fully saturated rings. The highest BCUT2D eigenvalue weighted by molar-refractivity contribution is 5.77. The van der Waals surface area contributed by atoms with Gasteiger partial charge in [0.1, 0.15) is 6.61 Å². The van der Waals surface area contributed by atoms with Crippen molar-refractivity contribution in [3.63, 3.8) is 0 Å². The summed E-state index contributed by atoms with van der Waals surface area (Å²) in [5.41, 5.74) is 5.22. The minimum atomic E-state index is -0.151. The van der Waals surface area contributed by atoms with Crippen LogP contribution in [-0.2, 0) is 19.0 Å². The van der Waals surface area contributed by atoms with Gasteiger partial charge in [0.25, 0.3) is 0 Å². The van der Waals surface area contributed by atoms with Gasteiger partial charge in [0.15, 0.2) is 0 Å². The van der Waals surface area contributed by atoms with Crippen molar-refractivity contribution in [3.05, 3.63) is 0 Å². The summed E-state index contributed by atoms with van der Waals surface area (Å²) < 4.78 is 14.9. The molecule has 0 atom stereocenters. The Hall–Kier alpha value is -0.690. The van der Waals surface area contributed by atoms with Gasteiger partial charge in [-0.05, 0) is 0 Å². The van der Waals surface area contributed by atoms with Crippen LogP contribution in [0.1, 0.15) is 0 Å². The molecule has 0 aromatic rings. The molecule has 3 N–H and O–H groups in total. The van der Waals surface area contributed by atoms with Crippen molar-refractivity contribution < 1.29 is 19.0 Å². The van der Waals surface area contributed by atoms with Gasteiger partial charge in [0.2, 0.25) is 5.91 Å². The van der Waals surface area contributed by atoms with Gasteiger partial charge in [0.05, 0.1) is 26.4 Å². The Bertz CT molecular complexity index is 155. The van der Waals surface area contributed by atoms with Crippen molar-refractivity contribution in [2.45, 2.75) is 0 Å². The molecule has 0 aromatic carbocycles. The molecule has 0 aromatic heterocycles. The van der Waals surface area contributed by atoms with E-state index < -0.39 is 0 Å². The first-order chi connectivity index (χ1) is 7.31. The van der Waals surface area contributed by atoms with Crippen LogP contribution in [0.3, 0.4) is 0 Å². The molecule has 0 saturated heterocycles. The van der Waals surface area contributed by atoms with E-state index in [2.05, 4.69) is 5.32 Å². The van der Waals surface area contributed by atoms with Crippen molar-refractivity contribution in [3.8, 4) is 0 Å². The van der Waals surface area contributed by atoms with Gasteiger partial charge in [-0.1, -0.05) is 0 Å². The number of hydrogen-bond donors (Lipinski definition) is 2. The summed E-state index contributed by atoms with van der Waals surface area (Å²) in [6.45, 7) is 2.93. The van der Waals surface area contributed by atoms with E-state index in [-0.39, 0.29) is 12.5 Å². The predicted octanol–water partition coefficient (Wildman–Crippen LogP) is -1.26. The van der Waals surface area contributed by atoms with E-state index in [1.807, 2.05) is 0 Å². The first kappa shape index (κ1) is 14.3. The Morgan fingerprint density at radius 1 is 1.20 bits per heavy atom. The third kappa shape index (κ3) is 11.2. The van der Waals surface area contributed by atoms with Crippen LogP contribution in [0.2, 0.25) is 0 Å². The molecule has 0 spiro atoms. The zero-order valence-electron chi connectivity index (χ0n) is 9.16. The smallest absolute Gasteiger partial charge is 0.246 e. The number of carbonyl (C=O) groups is 1. The molecular formula is C9H20N2O4. The number of carbonyl (C=O) groups excluding carboxylic acids is 1. The average Bonchev–Trinajstić information content (AvgIpc) is 2.24. The third-order valence-corrected chi connectivity index (χ3v) is 1.50. The standard InChI is InChI=1S/C9H20N2O4/c1-13-6-7-15-8-9(12)11-3-5-14-4-2-10/h2-8,10H2,1H3,(H,11,12). The third-order valence-electron chi connectivity index (χ3n) is 1.50. The van der Waals surface area contributed by atoms with E-state index in [0.29, 0.717) is 39.5 Å². The molecule has 0 aliphatic carbocycles. The molecule has 0 radical (unpaired) electrons. The molecule has 0 aliphatic heterocycles. The highest BCUT2D eigenvalue weighted by Gasteiger charge is 1.99. The van der Waals surface area contributed by atoms with Gasteiger partial charge in [0, 0.05) is 20.2 Å². The highest BCUT2D eigenvalue weighted by atomic mass is 16.5. The zero-order chi connectivity index (χ0) is 11.4. The predicted molar refractivity (Wildman–Crippen MR) is 55.6 cm³/mol. The summed E-state index contributed by atoms with van der Waals surface area (Å²) in [7, 11) is 1.58. The van der Waals surface area contributed by atoms with Crippen LogP contribution in [0.4, 0.5) is 0 Å². The topological polar surface area (TPSA) is 82.8 Å². The minimum absolute atomic E-state index is 0.0558. The second-order valence-electron chi connectivity index (χ2n) is 2.80. The molecule has 1 amide bonds. The van der Waals surface area contributed by atoms with E-state index in [9.17, 15) is 4.79 Å². The van der Waals surface area contributed by atoms with Crippen LogP contribution >= 0.6 is 0 Å². The summed E-state index contributed by atoms with van der Waals surface area (Å²) in [5.74, 6) is -0.151. The number of ether oxygens (including phenoxy) is 3. The number of rotatable bonds is 10. The van der Waals surface area contributed by atoms with Crippen molar-refractivity contribution in [1.82, 2.24) is 5.32 Å². The summed E-state index contributed by atoms with van der Waals surface area (Å²) in [4.78, 5) is 11.1. The van der Waals surface area contributed by atoms with Gasteiger partial charge in [-0.25, -0.2) is 0 Å². The fourth-order valence-electron chi connectivity index (χ4n) is 0.806.